The van der Waals surface area contributed by atoms with Gasteiger partial charge in [0.25, 0.3) is 0 Å². The largest absolute Gasteiger partial charge is 0.196 e. The van der Waals surface area contributed by atoms with Gasteiger partial charge in [0.2, 0.25) is 0 Å². The maximum atomic E-state index is 10.3. The molecule has 2 atom stereocenters. The van der Waals surface area contributed by atoms with Crippen molar-refractivity contribution >= 4 is 0 Å². The molecule has 2 aromatic rings. The summed E-state index contributed by atoms with van der Waals surface area (Å²) in [5.41, 5.74) is 2.53. The van der Waals surface area contributed by atoms with Crippen molar-refractivity contribution in [2.75, 3.05) is 0 Å². The molecule has 0 amide bonds. The fourth-order valence-corrected chi connectivity index (χ4v) is 5.65. The van der Waals surface area contributed by atoms with E-state index in [0.29, 0.717) is 12.8 Å². The second kappa shape index (κ2) is 5.33. The summed E-state index contributed by atoms with van der Waals surface area (Å²) in [5, 5.41) is 41.1. The van der Waals surface area contributed by atoms with Crippen LogP contribution < -0.4 is 0 Å². The smallest absolute Gasteiger partial charge is 0.186 e. The van der Waals surface area contributed by atoms with E-state index in [1.807, 2.05) is 48.5 Å². The van der Waals surface area contributed by atoms with E-state index in [1.54, 1.807) is 0 Å². The average Bonchev–Trinajstić information content (AvgIpc) is 3.32. The number of fused-ring (bicyclic) bond motifs is 6. The van der Waals surface area contributed by atoms with Crippen LogP contribution in [0.2, 0.25) is 0 Å². The lowest BCUT2D eigenvalue weighted by Gasteiger charge is -2.45. The number of hydrogen-bond donors (Lipinski definition) is 0. The van der Waals surface area contributed by atoms with Gasteiger partial charge in [-0.2, -0.15) is 21.0 Å². The van der Waals surface area contributed by atoms with Crippen LogP contribution in [0.25, 0.3) is 0 Å². The molecule has 0 saturated carbocycles. The molecule has 3 aliphatic carbocycles. The Morgan fingerprint density at radius 1 is 0.607 bits per heavy atom. The van der Waals surface area contributed by atoms with Gasteiger partial charge in [0.15, 0.2) is 10.8 Å². The predicted octanol–water partition coefficient (Wildman–Crippen LogP) is 4.04. The molecule has 0 saturated heterocycles. The van der Waals surface area contributed by atoms with Gasteiger partial charge in [-0.1, -0.05) is 59.7 Å². The first-order valence-electron chi connectivity index (χ1n) is 9.20. The zero-order valence-electron chi connectivity index (χ0n) is 15.0. The number of nitriles is 4. The third-order valence-electron chi connectivity index (χ3n) is 6.80. The molecule has 0 fully saturated rings. The molecule has 28 heavy (non-hydrogen) atoms. The van der Waals surface area contributed by atoms with E-state index >= 15 is 0 Å². The summed E-state index contributed by atoms with van der Waals surface area (Å²) < 4.78 is 0. The van der Waals surface area contributed by atoms with E-state index < -0.39 is 22.7 Å². The first-order valence-corrected chi connectivity index (χ1v) is 9.20. The van der Waals surface area contributed by atoms with Crippen LogP contribution in [0.1, 0.15) is 34.1 Å². The van der Waals surface area contributed by atoms with Crippen molar-refractivity contribution in [1.29, 1.82) is 21.0 Å². The standard InChI is InChI=1S/C24H14N4/c25-11-23(12-26)21-17-7-3-1-5-15(17)9-19(21)20-10-16-6-2-4-8-18(16)22(20)24(23,13-27)14-28/h1-8,21-22H,9-10H2. The third kappa shape index (κ3) is 1.58. The van der Waals surface area contributed by atoms with Crippen LogP contribution in [0.3, 0.4) is 0 Å². The topological polar surface area (TPSA) is 95.2 Å². The lowest BCUT2D eigenvalue weighted by molar-refractivity contribution is 0.218. The zero-order chi connectivity index (χ0) is 19.5. The Labute approximate surface area is 163 Å². The van der Waals surface area contributed by atoms with Crippen LogP contribution in [0.4, 0.5) is 0 Å². The van der Waals surface area contributed by atoms with E-state index in [-0.39, 0.29) is 0 Å². The SMILES string of the molecule is N#CC1(C#N)C2C(=C3Cc4ccccc4C3C1(C#N)C#N)Cc1ccccc12. The number of allylic oxidation sites excluding steroid dienone is 2. The summed E-state index contributed by atoms with van der Waals surface area (Å²) in [6.07, 6.45) is 1.33. The maximum Gasteiger partial charge on any atom is 0.186 e. The normalized spacial score (nSPS) is 24.4. The molecular weight excluding hydrogens is 344 g/mol. The van der Waals surface area contributed by atoms with E-state index in [9.17, 15) is 21.0 Å². The van der Waals surface area contributed by atoms with Gasteiger partial charge in [-0.05, 0) is 35.1 Å². The molecule has 0 radical (unpaired) electrons. The predicted molar refractivity (Wildman–Crippen MR) is 100 cm³/mol. The Morgan fingerprint density at radius 3 is 1.32 bits per heavy atom. The van der Waals surface area contributed by atoms with Crippen molar-refractivity contribution in [3.8, 4) is 24.3 Å². The summed E-state index contributed by atoms with van der Waals surface area (Å²) in [6.45, 7) is 0. The molecule has 0 aromatic heterocycles. The molecule has 0 heterocycles. The maximum absolute atomic E-state index is 10.3. The summed E-state index contributed by atoms with van der Waals surface area (Å²) in [4.78, 5) is 0. The Balaban J connectivity index is 1.94. The quantitative estimate of drug-likeness (QED) is 0.664. The van der Waals surface area contributed by atoms with Gasteiger partial charge in [0, 0.05) is 11.8 Å². The fraction of sp³-hybridized carbons (Fsp3) is 0.250. The number of rotatable bonds is 0. The van der Waals surface area contributed by atoms with Crippen LogP contribution in [-0.4, -0.2) is 0 Å². The minimum atomic E-state index is -1.76. The Morgan fingerprint density at radius 2 is 0.964 bits per heavy atom. The lowest BCUT2D eigenvalue weighted by atomic mass is 9.48. The third-order valence-corrected chi connectivity index (χ3v) is 6.80. The van der Waals surface area contributed by atoms with Gasteiger partial charge in [-0.3, -0.25) is 0 Å². The lowest BCUT2D eigenvalue weighted by Crippen LogP contribution is -2.50. The highest BCUT2D eigenvalue weighted by molar-refractivity contribution is 5.65. The molecule has 2 aromatic carbocycles. The van der Waals surface area contributed by atoms with E-state index in [4.69, 9.17) is 0 Å². The summed E-state index contributed by atoms with van der Waals surface area (Å²) in [6, 6.07) is 24.3. The van der Waals surface area contributed by atoms with Crippen LogP contribution in [0.15, 0.2) is 59.7 Å². The second-order valence-electron chi connectivity index (χ2n) is 7.73. The van der Waals surface area contributed by atoms with E-state index in [1.165, 1.54) is 0 Å². The minimum Gasteiger partial charge on any atom is -0.196 e. The van der Waals surface area contributed by atoms with Crippen molar-refractivity contribution in [2.24, 2.45) is 10.8 Å². The first kappa shape index (κ1) is 16.3. The van der Waals surface area contributed by atoms with Crippen LogP contribution >= 0.6 is 0 Å². The highest BCUT2D eigenvalue weighted by atomic mass is 14.7. The van der Waals surface area contributed by atoms with E-state index in [2.05, 4.69) is 24.3 Å². The Bertz CT molecular complexity index is 1110. The van der Waals surface area contributed by atoms with E-state index in [0.717, 1.165) is 33.4 Å². The van der Waals surface area contributed by atoms with Crippen LogP contribution in [-0.2, 0) is 12.8 Å². The highest BCUT2D eigenvalue weighted by Gasteiger charge is 2.70. The summed E-state index contributed by atoms with van der Waals surface area (Å²) in [7, 11) is 0. The molecule has 4 heteroatoms. The van der Waals surface area contributed by atoms with Crippen molar-refractivity contribution < 1.29 is 0 Å². The van der Waals surface area contributed by atoms with Gasteiger partial charge in [0.1, 0.15) is 0 Å². The fourth-order valence-electron chi connectivity index (χ4n) is 5.65. The molecule has 5 rings (SSSR count). The average molecular weight is 358 g/mol. The van der Waals surface area contributed by atoms with Gasteiger partial charge < -0.3 is 0 Å². The Kier molecular flexibility index (Phi) is 3.11. The molecule has 0 spiro atoms. The van der Waals surface area contributed by atoms with Crippen molar-refractivity contribution in [2.45, 2.75) is 24.7 Å². The van der Waals surface area contributed by atoms with Crippen LogP contribution in [0.5, 0.6) is 0 Å². The number of hydrogen-bond acceptors (Lipinski definition) is 4. The molecule has 3 aliphatic rings. The van der Waals surface area contributed by atoms with Crippen LogP contribution in [0, 0.1) is 56.2 Å². The number of benzene rings is 2. The molecule has 0 N–H and O–H groups in total. The molecule has 0 aliphatic heterocycles. The Hall–Kier alpha value is -3.86. The van der Waals surface area contributed by atoms with Gasteiger partial charge in [-0.15, -0.1) is 0 Å². The zero-order valence-corrected chi connectivity index (χ0v) is 15.0. The monoisotopic (exact) mass is 358 g/mol. The van der Waals surface area contributed by atoms with Crippen molar-refractivity contribution in [3.05, 3.63) is 81.9 Å². The van der Waals surface area contributed by atoms with Crippen molar-refractivity contribution in [3.63, 3.8) is 0 Å². The molecule has 4 nitrogen and oxygen atoms in total. The highest BCUT2D eigenvalue weighted by Crippen LogP contribution is 2.68. The molecular formula is C24H14N4. The van der Waals surface area contributed by atoms with Gasteiger partial charge >= 0.3 is 0 Å². The minimum absolute atomic E-state index is 0.543. The summed E-state index contributed by atoms with van der Waals surface area (Å²) in [5.74, 6) is -1.09. The van der Waals surface area contributed by atoms with Crippen molar-refractivity contribution in [1.82, 2.24) is 0 Å². The molecule has 0 bridgehead atoms. The van der Waals surface area contributed by atoms with Gasteiger partial charge in [0.05, 0.1) is 24.3 Å². The van der Waals surface area contributed by atoms with Gasteiger partial charge in [-0.25, -0.2) is 0 Å². The summed E-state index contributed by atoms with van der Waals surface area (Å²) >= 11 is 0. The molecule has 130 valence electrons. The first-order chi connectivity index (χ1) is 13.7. The second-order valence-corrected chi connectivity index (χ2v) is 7.73. The number of nitrogens with zero attached hydrogens (tertiary/aromatic N) is 4. The molecule has 2 unspecified atom stereocenters.